The fraction of sp³-hybridized carbons (Fsp3) is 0.316. The number of hydrogen-bond donors (Lipinski definition) is 0. The molecule has 0 fully saturated rings. The van der Waals surface area contributed by atoms with E-state index in [4.69, 9.17) is 16.6 Å². The first-order chi connectivity index (χ1) is 10.9. The van der Waals surface area contributed by atoms with E-state index in [9.17, 15) is 0 Å². The molecule has 0 atom stereocenters. The van der Waals surface area contributed by atoms with Crippen molar-refractivity contribution in [2.24, 2.45) is 0 Å². The second-order valence-corrected chi connectivity index (χ2v) is 5.92. The molecule has 0 spiro atoms. The monoisotopic (exact) mass is 312 g/mol. The molecule has 0 aliphatic rings. The molecule has 0 radical (unpaired) electrons. The molecule has 0 aliphatic carbocycles. The average molecular weight is 313 g/mol. The van der Waals surface area contributed by atoms with Crippen molar-refractivity contribution in [3.8, 4) is 5.69 Å². The molecule has 0 bridgehead atoms. The van der Waals surface area contributed by atoms with Crippen LogP contribution in [0, 0.1) is 0 Å². The predicted molar refractivity (Wildman–Crippen MR) is 94.0 cm³/mol. The van der Waals surface area contributed by atoms with Crippen LogP contribution in [-0.4, -0.2) is 15.4 Å². The summed E-state index contributed by atoms with van der Waals surface area (Å²) in [6.45, 7) is 0. The summed E-state index contributed by atoms with van der Waals surface area (Å²) in [5.74, 6) is 1.92. The Morgan fingerprint density at radius 2 is 1.55 bits per heavy atom. The maximum Gasteiger partial charge on any atom is 0.114 e. The lowest BCUT2D eigenvalue weighted by Crippen LogP contribution is -2.01. The third-order valence-electron chi connectivity index (χ3n) is 3.93. The number of fused-ring (bicyclic) bond motifs is 1. The Morgan fingerprint density at radius 3 is 2.36 bits per heavy atom. The average Bonchev–Trinajstić information content (AvgIpc) is 2.93. The Balaban J connectivity index is 1.88. The summed E-state index contributed by atoms with van der Waals surface area (Å²) in [4.78, 5) is 4.84. The van der Waals surface area contributed by atoms with E-state index < -0.39 is 0 Å². The zero-order valence-electron chi connectivity index (χ0n) is 12.7. The molecule has 22 heavy (non-hydrogen) atoms. The molecule has 1 aromatic heterocycles. The molecule has 2 nitrogen and oxygen atoms in total. The number of para-hydroxylation sites is 3. The third-order valence-corrected chi connectivity index (χ3v) is 4.20. The van der Waals surface area contributed by atoms with Crippen molar-refractivity contribution in [1.29, 1.82) is 0 Å². The number of alkyl halides is 1. The summed E-state index contributed by atoms with van der Waals surface area (Å²) in [5.41, 5.74) is 3.44. The van der Waals surface area contributed by atoms with Crippen LogP contribution < -0.4 is 0 Å². The first-order valence-electron chi connectivity index (χ1n) is 7.98. The van der Waals surface area contributed by atoms with E-state index in [0.29, 0.717) is 0 Å². The van der Waals surface area contributed by atoms with E-state index in [1.54, 1.807) is 0 Å². The molecular weight excluding hydrogens is 292 g/mol. The van der Waals surface area contributed by atoms with Crippen molar-refractivity contribution in [2.45, 2.75) is 32.1 Å². The van der Waals surface area contributed by atoms with E-state index in [1.165, 1.54) is 24.0 Å². The van der Waals surface area contributed by atoms with Gasteiger partial charge >= 0.3 is 0 Å². The highest BCUT2D eigenvalue weighted by Crippen LogP contribution is 2.22. The highest BCUT2D eigenvalue weighted by molar-refractivity contribution is 6.17. The maximum atomic E-state index is 5.74. The highest BCUT2D eigenvalue weighted by atomic mass is 35.5. The number of imidazole rings is 1. The van der Waals surface area contributed by atoms with Crippen LogP contribution in [0.2, 0.25) is 0 Å². The summed E-state index contributed by atoms with van der Waals surface area (Å²) in [5, 5.41) is 0. The van der Waals surface area contributed by atoms with Crippen molar-refractivity contribution in [3.63, 3.8) is 0 Å². The molecule has 0 saturated carbocycles. The largest absolute Gasteiger partial charge is 0.296 e. The molecule has 0 amide bonds. The number of nitrogens with zero attached hydrogens (tertiary/aromatic N) is 2. The second-order valence-electron chi connectivity index (χ2n) is 5.54. The van der Waals surface area contributed by atoms with Crippen molar-refractivity contribution >= 4 is 22.6 Å². The van der Waals surface area contributed by atoms with Gasteiger partial charge in [-0.15, -0.1) is 11.6 Å². The minimum atomic E-state index is 0.766. The van der Waals surface area contributed by atoms with E-state index in [2.05, 4.69) is 59.2 Å². The molecule has 2 aromatic carbocycles. The van der Waals surface area contributed by atoms with Gasteiger partial charge in [0.1, 0.15) is 5.82 Å². The lowest BCUT2D eigenvalue weighted by molar-refractivity contribution is 0.651. The zero-order valence-corrected chi connectivity index (χ0v) is 13.5. The van der Waals surface area contributed by atoms with E-state index >= 15 is 0 Å². The third kappa shape index (κ3) is 3.33. The Labute approximate surface area is 136 Å². The van der Waals surface area contributed by atoms with E-state index in [-0.39, 0.29) is 0 Å². The number of hydrogen-bond acceptors (Lipinski definition) is 1. The number of aryl methyl sites for hydroxylation is 1. The Kier molecular flexibility index (Phi) is 5.12. The van der Waals surface area contributed by atoms with Crippen molar-refractivity contribution in [3.05, 3.63) is 60.4 Å². The first kappa shape index (κ1) is 15.1. The van der Waals surface area contributed by atoms with Crippen LogP contribution in [0.15, 0.2) is 54.6 Å². The smallest absolute Gasteiger partial charge is 0.114 e. The van der Waals surface area contributed by atoms with Crippen LogP contribution in [0.3, 0.4) is 0 Å². The normalized spacial score (nSPS) is 11.1. The van der Waals surface area contributed by atoms with Gasteiger partial charge in [0.05, 0.1) is 11.0 Å². The van der Waals surface area contributed by atoms with E-state index in [1.807, 2.05) is 0 Å². The molecule has 3 rings (SSSR count). The topological polar surface area (TPSA) is 17.8 Å². The molecule has 3 aromatic rings. The van der Waals surface area contributed by atoms with E-state index in [0.717, 1.165) is 36.5 Å². The molecule has 114 valence electrons. The summed E-state index contributed by atoms with van der Waals surface area (Å²) in [7, 11) is 0. The van der Waals surface area contributed by atoms with Gasteiger partial charge in [-0.05, 0) is 37.1 Å². The van der Waals surface area contributed by atoms with Crippen LogP contribution in [0.4, 0.5) is 0 Å². The Bertz CT molecular complexity index is 719. The second kappa shape index (κ2) is 7.46. The lowest BCUT2D eigenvalue weighted by atomic mass is 10.1. The Hall–Kier alpha value is -1.80. The van der Waals surface area contributed by atoms with Gasteiger partial charge in [0, 0.05) is 18.0 Å². The van der Waals surface area contributed by atoms with Gasteiger partial charge in [0.2, 0.25) is 0 Å². The number of halogens is 1. The van der Waals surface area contributed by atoms with Gasteiger partial charge < -0.3 is 0 Å². The van der Waals surface area contributed by atoms with Gasteiger partial charge in [0.25, 0.3) is 0 Å². The minimum Gasteiger partial charge on any atom is -0.296 e. The van der Waals surface area contributed by atoms with Crippen molar-refractivity contribution in [1.82, 2.24) is 9.55 Å². The SMILES string of the molecule is ClCCCCCCc1nc2ccccc2n1-c1ccccc1. The molecule has 0 N–H and O–H groups in total. The van der Waals surface area contributed by atoms with Gasteiger partial charge in [-0.2, -0.15) is 0 Å². The fourth-order valence-electron chi connectivity index (χ4n) is 2.84. The quantitative estimate of drug-likeness (QED) is 0.424. The molecule has 0 aliphatic heterocycles. The zero-order chi connectivity index (χ0) is 15.2. The molecule has 0 unspecified atom stereocenters. The van der Waals surface area contributed by atoms with Crippen LogP contribution in [0.1, 0.15) is 31.5 Å². The lowest BCUT2D eigenvalue weighted by Gasteiger charge is -2.09. The highest BCUT2D eigenvalue weighted by Gasteiger charge is 2.11. The Morgan fingerprint density at radius 1 is 0.818 bits per heavy atom. The molecule has 0 saturated heterocycles. The van der Waals surface area contributed by atoms with Crippen LogP contribution in [0.5, 0.6) is 0 Å². The first-order valence-corrected chi connectivity index (χ1v) is 8.51. The summed E-state index contributed by atoms with van der Waals surface area (Å²) < 4.78 is 2.29. The number of rotatable bonds is 7. The number of unbranched alkanes of at least 4 members (excludes halogenated alkanes) is 3. The standard InChI is InChI=1S/C19H21ClN2/c20-15-9-2-1-6-14-19-21-17-12-7-8-13-18(17)22(19)16-10-4-3-5-11-16/h3-5,7-8,10-13H,1-2,6,9,14-15H2. The predicted octanol–water partition coefficient (Wildman–Crippen LogP) is 5.37. The maximum absolute atomic E-state index is 5.74. The molecular formula is C19H21ClN2. The number of aromatic nitrogens is 2. The van der Waals surface area contributed by atoms with Crippen molar-refractivity contribution in [2.75, 3.05) is 5.88 Å². The summed E-state index contributed by atoms with van der Waals surface area (Å²) >= 11 is 5.74. The van der Waals surface area contributed by atoms with Crippen LogP contribution >= 0.6 is 11.6 Å². The molecule has 1 heterocycles. The van der Waals surface area contributed by atoms with Crippen LogP contribution in [0.25, 0.3) is 16.7 Å². The van der Waals surface area contributed by atoms with Gasteiger partial charge in [0.15, 0.2) is 0 Å². The number of benzene rings is 2. The summed E-state index contributed by atoms with van der Waals surface area (Å²) in [6, 6.07) is 18.9. The molecule has 3 heteroatoms. The van der Waals surface area contributed by atoms with Gasteiger partial charge in [-0.3, -0.25) is 4.57 Å². The minimum absolute atomic E-state index is 0.766. The fourth-order valence-corrected chi connectivity index (χ4v) is 3.03. The van der Waals surface area contributed by atoms with Gasteiger partial charge in [-0.1, -0.05) is 43.2 Å². The van der Waals surface area contributed by atoms with Crippen molar-refractivity contribution < 1.29 is 0 Å². The summed E-state index contributed by atoms with van der Waals surface area (Å²) in [6.07, 6.45) is 5.69. The van der Waals surface area contributed by atoms with Crippen LogP contribution in [-0.2, 0) is 6.42 Å². The van der Waals surface area contributed by atoms with Gasteiger partial charge in [-0.25, -0.2) is 4.98 Å².